The van der Waals surface area contributed by atoms with Crippen molar-refractivity contribution < 1.29 is 23.7 Å². The van der Waals surface area contributed by atoms with E-state index < -0.39 is 0 Å². The second-order valence-electron chi connectivity index (χ2n) is 4.39. The van der Waals surface area contributed by atoms with E-state index in [1.54, 1.807) is 21.3 Å². The first-order valence-corrected chi connectivity index (χ1v) is 6.15. The van der Waals surface area contributed by atoms with Gasteiger partial charge in [-0.2, -0.15) is 0 Å². The highest BCUT2D eigenvalue weighted by molar-refractivity contribution is 5.74. The Morgan fingerprint density at radius 2 is 1.79 bits per heavy atom. The van der Waals surface area contributed by atoms with Gasteiger partial charge >= 0.3 is 5.97 Å². The number of carbonyl (C=O) groups excluding carboxylic acids is 1. The number of rotatable bonds is 5. The van der Waals surface area contributed by atoms with Crippen LogP contribution in [0.3, 0.4) is 0 Å². The molecule has 0 aliphatic carbocycles. The number of methoxy groups -OCH3 is 3. The molecule has 2 rings (SSSR count). The third-order valence-corrected chi connectivity index (χ3v) is 3.25. The van der Waals surface area contributed by atoms with Crippen molar-refractivity contribution in [1.82, 2.24) is 0 Å². The van der Waals surface area contributed by atoms with Crippen molar-refractivity contribution in [1.29, 1.82) is 0 Å². The van der Waals surface area contributed by atoms with Gasteiger partial charge in [-0.25, -0.2) is 0 Å². The number of benzene rings is 1. The van der Waals surface area contributed by atoms with E-state index in [1.807, 2.05) is 12.1 Å². The minimum Gasteiger partial charge on any atom is -0.493 e. The molecular formula is C14H18O5. The normalized spacial score (nSPS) is 18.1. The summed E-state index contributed by atoms with van der Waals surface area (Å²) < 4.78 is 20.8. The van der Waals surface area contributed by atoms with Crippen molar-refractivity contribution >= 4 is 5.97 Å². The molecule has 5 heteroatoms. The van der Waals surface area contributed by atoms with Crippen LogP contribution in [-0.2, 0) is 16.0 Å². The van der Waals surface area contributed by atoms with E-state index in [0.717, 1.165) is 12.0 Å². The van der Waals surface area contributed by atoms with Gasteiger partial charge in [-0.3, -0.25) is 4.79 Å². The molecule has 1 aliphatic heterocycles. The third kappa shape index (κ3) is 2.75. The molecule has 104 valence electrons. The van der Waals surface area contributed by atoms with Crippen LogP contribution in [0.5, 0.6) is 17.2 Å². The highest BCUT2D eigenvalue weighted by Gasteiger charge is 2.27. The maximum Gasteiger partial charge on any atom is 0.309 e. The van der Waals surface area contributed by atoms with E-state index in [1.165, 1.54) is 0 Å². The van der Waals surface area contributed by atoms with Gasteiger partial charge in [0.2, 0.25) is 5.75 Å². The molecule has 1 aromatic carbocycles. The molecule has 1 saturated heterocycles. The molecule has 1 heterocycles. The Kier molecular flexibility index (Phi) is 4.14. The fraction of sp³-hybridized carbons (Fsp3) is 0.500. The first-order chi connectivity index (χ1) is 9.19. The van der Waals surface area contributed by atoms with Gasteiger partial charge in [0.15, 0.2) is 11.5 Å². The van der Waals surface area contributed by atoms with Gasteiger partial charge in [0.1, 0.15) is 0 Å². The fourth-order valence-corrected chi connectivity index (χ4v) is 2.26. The molecule has 19 heavy (non-hydrogen) atoms. The minimum absolute atomic E-state index is 0.0807. The molecule has 1 aliphatic rings. The summed E-state index contributed by atoms with van der Waals surface area (Å²) in [5, 5.41) is 0. The van der Waals surface area contributed by atoms with Crippen LogP contribution in [0.2, 0.25) is 0 Å². The summed E-state index contributed by atoms with van der Waals surface area (Å²) in [6, 6.07) is 3.74. The molecule has 1 fully saturated rings. The summed E-state index contributed by atoms with van der Waals surface area (Å²) in [6.07, 6.45) is 1.38. The zero-order valence-corrected chi connectivity index (χ0v) is 11.4. The lowest BCUT2D eigenvalue weighted by molar-refractivity contribution is -0.141. The van der Waals surface area contributed by atoms with Crippen LogP contribution >= 0.6 is 0 Å². The Bertz CT molecular complexity index is 444. The highest BCUT2D eigenvalue weighted by Crippen LogP contribution is 2.39. The van der Waals surface area contributed by atoms with E-state index in [-0.39, 0.29) is 11.9 Å². The molecule has 1 atom stereocenters. The van der Waals surface area contributed by atoms with Crippen molar-refractivity contribution in [2.45, 2.75) is 12.8 Å². The molecule has 1 aromatic rings. The number of esters is 1. The highest BCUT2D eigenvalue weighted by atomic mass is 16.5. The number of hydrogen-bond acceptors (Lipinski definition) is 5. The average molecular weight is 266 g/mol. The number of carbonyl (C=O) groups is 1. The van der Waals surface area contributed by atoms with Gasteiger partial charge < -0.3 is 18.9 Å². The number of hydrogen-bond donors (Lipinski definition) is 0. The zero-order chi connectivity index (χ0) is 13.8. The maximum atomic E-state index is 11.5. The summed E-state index contributed by atoms with van der Waals surface area (Å²) in [4.78, 5) is 11.5. The molecule has 5 nitrogen and oxygen atoms in total. The maximum absolute atomic E-state index is 11.5. The minimum atomic E-state index is -0.131. The van der Waals surface area contributed by atoms with Crippen LogP contribution in [0.15, 0.2) is 12.1 Å². The van der Waals surface area contributed by atoms with Crippen LogP contribution in [0, 0.1) is 5.92 Å². The van der Waals surface area contributed by atoms with Crippen molar-refractivity contribution in [3.05, 3.63) is 17.7 Å². The molecule has 0 saturated carbocycles. The zero-order valence-electron chi connectivity index (χ0n) is 11.4. The SMILES string of the molecule is COc1cc(CC2CCOC2=O)cc(OC)c1OC. The van der Waals surface area contributed by atoms with Crippen molar-refractivity contribution in [2.75, 3.05) is 27.9 Å². The summed E-state index contributed by atoms with van der Waals surface area (Å²) in [5.74, 6) is 1.55. The van der Waals surface area contributed by atoms with Gasteiger partial charge in [0, 0.05) is 0 Å². The Balaban J connectivity index is 2.28. The van der Waals surface area contributed by atoms with Crippen molar-refractivity contribution in [2.24, 2.45) is 5.92 Å². The summed E-state index contributed by atoms with van der Waals surface area (Å²) in [6.45, 7) is 0.508. The summed E-state index contributed by atoms with van der Waals surface area (Å²) >= 11 is 0. The Labute approximate surface area is 112 Å². The van der Waals surface area contributed by atoms with Crippen molar-refractivity contribution in [3.8, 4) is 17.2 Å². The second-order valence-corrected chi connectivity index (χ2v) is 4.39. The van der Waals surface area contributed by atoms with Crippen LogP contribution in [0.25, 0.3) is 0 Å². The molecule has 0 aromatic heterocycles. The van der Waals surface area contributed by atoms with E-state index in [4.69, 9.17) is 18.9 Å². The summed E-state index contributed by atoms with van der Waals surface area (Å²) in [7, 11) is 4.71. The quantitative estimate of drug-likeness (QED) is 0.761. The lowest BCUT2D eigenvalue weighted by Gasteiger charge is -2.15. The van der Waals surface area contributed by atoms with E-state index in [2.05, 4.69) is 0 Å². The third-order valence-electron chi connectivity index (χ3n) is 3.25. The smallest absolute Gasteiger partial charge is 0.309 e. The number of ether oxygens (including phenoxy) is 4. The fourth-order valence-electron chi connectivity index (χ4n) is 2.26. The monoisotopic (exact) mass is 266 g/mol. The Hall–Kier alpha value is -1.91. The second kappa shape index (κ2) is 5.82. The lowest BCUT2D eigenvalue weighted by Crippen LogP contribution is -2.11. The van der Waals surface area contributed by atoms with Gasteiger partial charge in [-0.05, 0) is 30.5 Å². The Morgan fingerprint density at radius 3 is 2.21 bits per heavy atom. The van der Waals surface area contributed by atoms with Crippen LogP contribution in [0.4, 0.5) is 0 Å². The predicted octanol–water partition coefficient (Wildman–Crippen LogP) is 1.82. The molecule has 1 unspecified atom stereocenters. The largest absolute Gasteiger partial charge is 0.493 e. The van der Waals surface area contributed by atoms with Crippen LogP contribution in [-0.4, -0.2) is 33.9 Å². The standard InChI is InChI=1S/C14H18O5/c1-16-11-7-9(6-10-4-5-19-14(10)15)8-12(17-2)13(11)18-3/h7-8,10H,4-6H2,1-3H3. The van der Waals surface area contributed by atoms with Gasteiger partial charge in [0.05, 0.1) is 33.9 Å². The number of cyclic esters (lactones) is 1. The molecule has 0 bridgehead atoms. The molecule has 0 radical (unpaired) electrons. The van der Waals surface area contributed by atoms with E-state index in [9.17, 15) is 4.79 Å². The first-order valence-electron chi connectivity index (χ1n) is 6.15. The van der Waals surface area contributed by atoms with E-state index >= 15 is 0 Å². The average Bonchev–Trinajstić information content (AvgIpc) is 2.83. The van der Waals surface area contributed by atoms with Crippen LogP contribution < -0.4 is 14.2 Å². The van der Waals surface area contributed by atoms with Gasteiger partial charge in [0.25, 0.3) is 0 Å². The first kappa shape index (κ1) is 13.5. The van der Waals surface area contributed by atoms with E-state index in [0.29, 0.717) is 30.3 Å². The molecular weight excluding hydrogens is 248 g/mol. The van der Waals surface area contributed by atoms with Gasteiger partial charge in [-0.15, -0.1) is 0 Å². The molecule has 0 N–H and O–H groups in total. The predicted molar refractivity (Wildman–Crippen MR) is 68.9 cm³/mol. The Morgan fingerprint density at radius 1 is 1.16 bits per heavy atom. The lowest BCUT2D eigenvalue weighted by atomic mass is 9.97. The van der Waals surface area contributed by atoms with Crippen molar-refractivity contribution in [3.63, 3.8) is 0 Å². The molecule has 0 spiro atoms. The molecule has 0 amide bonds. The topological polar surface area (TPSA) is 54.0 Å². The van der Waals surface area contributed by atoms with Crippen LogP contribution in [0.1, 0.15) is 12.0 Å². The summed E-state index contributed by atoms with van der Waals surface area (Å²) in [5.41, 5.74) is 0.971. The van der Waals surface area contributed by atoms with Gasteiger partial charge in [-0.1, -0.05) is 0 Å².